The summed E-state index contributed by atoms with van der Waals surface area (Å²) in [6.45, 7) is 17.0. The molecule has 0 atom stereocenters. The van der Waals surface area contributed by atoms with Gasteiger partial charge in [-0.1, -0.05) is 71.6 Å². The predicted octanol–water partition coefficient (Wildman–Crippen LogP) is 5.81. The third-order valence-electron chi connectivity index (χ3n) is 5.08. The Hall–Kier alpha value is -0.890. The molecule has 0 bridgehead atoms. The third-order valence-corrected chi connectivity index (χ3v) is 5.08. The van der Waals surface area contributed by atoms with Gasteiger partial charge in [0, 0.05) is 0 Å². The number of aryl methyl sites for hydroxylation is 1. The Bertz CT molecular complexity index is 561. The highest BCUT2D eigenvalue weighted by atomic mass is 16.5. The molecule has 0 aliphatic carbocycles. The summed E-state index contributed by atoms with van der Waals surface area (Å²) in [6.07, 6.45) is 6.80. The normalized spacial score (nSPS) is 12.5. The van der Waals surface area contributed by atoms with Gasteiger partial charge in [0.2, 0.25) is 0 Å². The highest BCUT2D eigenvalue weighted by molar-refractivity contribution is 6.39. The molecule has 0 spiro atoms. The number of hydrogen-bond acceptors (Lipinski definition) is 2. The molecule has 1 aromatic carbocycles. The lowest BCUT2D eigenvalue weighted by atomic mass is 9.54. The van der Waals surface area contributed by atoms with Gasteiger partial charge in [0.25, 0.3) is 0 Å². The molecule has 0 amide bonds. The molecular weight excluding hydrogens is 340 g/mol. The summed E-state index contributed by atoms with van der Waals surface area (Å²) in [5.41, 5.74) is 2.70. The van der Waals surface area contributed by atoms with E-state index in [9.17, 15) is 0 Å². The quantitative estimate of drug-likeness (QED) is 0.316. The fourth-order valence-corrected chi connectivity index (χ4v) is 3.38. The van der Waals surface area contributed by atoms with E-state index in [0.29, 0.717) is 0 Å². The molecular formula is C24H41B2NO. The Kier molecular flexibility index (Phi) is 10.7. The summed E-state index contributed by atoms with van der Waals surface area (Å²) < 4.78 is 6.12. The van der Waals surface area contributed by atoms with E-state index in [0.717, 1.165) is 44.8 Å². The van der Waals surface area contributed by atoms with E-state index in [1.54, 1.807) is 0 Å². The molecule has 4 heteroatoms. The maximum atomic E-state index is 6.12. The van der Waals surface area contributed by atoms with Crippen molar-refractivity contribution in [3.05, 3.63) is 29.3 Å². The number of benzene rings is 1. The van der Waals surface area contributed by atoms with Crippen molar-refractivity contribution in [2.45, 2.75) is 90.7 Å². The summed E-state index contributed by atoms with van der Waals surface area (Å²) in [7, 11) is 11.8. The highest BCUT2D eigenvalue weighted by Crippen LogP contribution is 2.32. The molecule has 0 saturated carbocycles. The number of unbranched alkanes of at least 4 members (excludes halogenated alkanes) is 3. The Morgan fingerprint density at radius 1 is 0.929 bits per heavy atom. The van der Waals surface area contributed by atoms with Gasteiger partial charge < -0.3 is 9.64 Å². The molecule has 0 saturated heterocycles. The second-order valence-electron chi connectivity index (χ2n) is 9.61. The minimum absolute atomic E-state index is 0.104. The zero-order valence-corrected chi connectivity index (χ0v) is 19.3. The van der Waals surface area contributed by atoms with Crippen molar-refractivity contribution in [2.24, 2.45) is 0 Å². The van der Waals surface area contributed by atoms with E-state index < -0.39 is 5.21 Å². The van der Waals surface area contributed by atoms with Crippen LogP contribution in [0.25, 0.3) is 0 Å². The third kappa shape index (κ3) is 10.6. The second-order valence-corrected chi connectivity index (χ2v) is 9.61. The van der Waals surface area contributed by atoms with Crippen LogP contribution in [-0.4, -0.2) is 46.8 Å². The molecule has 0 unspecified atom stereocenters. The molecule has 4 radical (unpaired) electrons. The van der Waals surface area contributed by atoms with Gasteiger partial charge in [-0.05, 0) is 62.9 Å². The summed E-state index contributed by atoms with van der Waals surface area (Å²) >= 11 is 0. The van der Waals surface area contributed by atoms with Crippen molar-refractivity contribution in [1.29, 1.82) is 0 Å². The first-order valence-electron chi connectivity index (χ1n) is 11.1. The first-order valence-corrected chi connectivity index (χ1v) is 11.1. The average molecular weight is 381 g/mol. The molecule has 0 aliphatic rings. The van der Waals surface area contributed by atoms with Crippen LogP contribution in [0.1, 0.15) is 84.3 Å². The van der Waals surface area contributed by atoms with Crippen molar-refractivity contribution >= 4 is 15.7 Å². The number of rotatable bonds is 13. The van der Waals surface area contributed by atoms with E-state index in [1.807, 2.05) is 6.92 Å². The average Bonchev–Trinajstić information content (AvgIpc) is 2.58. The summed E-state index contributed by atoms with van der Waals surface area (Å²) in [6, 6.07) is 6.52. The standard InChI is InChI=1S/C24H41B2NO/c1-7-15-27(17-14-24(6,25)26)16-10-8-9-11-18-28-22-13-12-20(2)19-21(22)23(3,4)5/h12-13,19H,7-11,14-18H2,1-6H3. The molecule has 1 rings (SSSR count). The summed E-state index contributed by atoms with van der Waals surface area (Å²) in [5, 5.41) is -0.564. The van der Waals surface area contributed by atoms with E-state index in [-0.39, 0.29) is 5.41 Å². The maximum absolute atomic E-state index is 6.12. The zero-order chi connectivity index (χ0) is 21.2. The van der Waals surface area contributed by atoms with Gasteiger partial charge in [-0.3, -0.25) is 0 Å². The fourth-order valence-electron chi connectivity index (χ4n) is 3.38. The van der Waals surface area contributed by atoms with Crippen LogP contribution in [-0.2, 0) is 5.41 Å². The highest BCUT2D eigenvalue weighted by Gasteiger charge is 2.19. The van der Waals surface area contributed by atoms with Gasteiger partial charge >= 0.3 is 0 Å². The van der Waals surface area contributed by atoms with Crippen LogP contribution < -0.4 is 4.74 Å². The molecule has 28 heavy (non-hydrogen) atoms. The molecule has 154 valence electrons. The molecule has 0 heterocycles. The topological polar surface area (TPSA) is 12.5 Å². The number of ether oxygens (including phenoxy) is 1. The van der Waals surface area contributed by atoms with Crippen LogP contribution in [0, 0.1) is 6.92 Å². The maximum Gasteiger partial charge on any atom is 0.123 e. The number of nitrogens with zero attached hydrogens (tertiary/aromatic N) is 1. The van der Waals surface area contributed by atoms with Crippen LogP contribution in [0.15, 0.2) is 18.2 Å². The fraction of sp³-hybridized carbons (Fsp3) is 0.750. The minimum atomic E-state index is -0.564. The van der Waals surface area contributed by atoms with Crippen molar-refractivity contribution in [1.82, 2.24) is 4.90 Å². The van der Waals surface area contributed by atoms with Crippen LogP contribution in [0.5, 0.6) is 5.75 Å². The molecule has 1 aromatic rings. The zero-order valence-electron chi connectivity index (χ0n) is 19.3. The van der Waals surface area contributed by atoms with E-state index >= 15 is 0 Å². The smallest absolute Gasteiger partial charge is 0.123 e. The SMILES string of the molecule is [B]C([B])(C)CCN(CCC)CCCCCCOc1ccc(C)cc1C(C)(C)C. The predicted molar refractivity (Wildman–Crippen MR) is 125 cm³/mol. The Morgan fingerprint density at radius 3 is 2.21 bits per heavy atom. The number of hydrogen-bond donors (Lipinski definition) is 0. The van der Waals surface area contributed by atoms with Crippen LogP contribution in [0.4, 0.5) is 0 Å². The molecule has 0 fully saturated rings. The lowest BCUT2D eigenvalue weighted by Crippen LogP contribution is -2.29. The van der Waals surface area contributed by atoms with Crippen LogP contribution in [0.2, 0.25) is 5.21 Å². The van der Waals surface area contributed by atoms with Gasteiger partial charge in [-0.2, -0.15) is 0 Å². The Labute approximate surface area is 177 Å². The Morgan fingerprint density at radius 2 is 1.61 bits per heavy atom. The minimum Gasteiger partial charge on any atom is -0.493 e. The van der Waals surface area contributed by atoms with E-state index in [4.69, 9.17) is 20.4 Å². The lowest BCUT2D eigenvalue weighted by molar-refractivity contribution is 0.257. The Balaban J connectivity index is 2.29. The van der Waals surface area contributed by atoms with Gasteiger partial charge in [0.05, 0.1) is 22.3 Å². The van der Waals surface area contributed by atoms with Crippen molar-refractivity contribution in [2.75, 3.05) is 26.2 Å². The van der Waals surface area contributed by atoms with Gasteiger partial charge in [-0.25, -0.2) is 0 Å². The van der Waals surface area contributed by atoms with E-state index in [2.05, 4.69) is 57.7 Å². The molecule has 0 aromatic heterocycles. The van der Waals surface area contributed by atoms with Crippen molar-refractivity contribution in [3.8, 4) is 5.75 Å². The molecule has 0 aliphatic heterocycles. The summed E-state index contributed by atoms with van der Waals surface area (Å²) in [4.78, 5) is 2.50. The second kappa shape index (κ2) is 12.0. The van der Waals surface area contributed by atoms with Crippen LogP contribution in [0.3, 0.4) is 0 Å². The van der Waals surface area contributed by atoms with Crippen molar-refractivity contribution < 1.29 is 4.74 Å². The van der Waals surface area contributed by atoms with Crippen molar-refractivity contribution in [3.63, 3.8) is 0 Å². The summed E-state index contributed by atoms with van der Waals surface area (Å²) in [5.74, 6) is 1.04. The van der Waals surface area contributed by atoms with Gasteiger partial charge in [0.15, 0.2) is 0 Å². The first-order chi connectivity index (χ1) is 13.0. The monoisotopic (exact) mass is 381 g/mol. The first kappa shape index (κ1) is 25.1. The van der Waals surface area contributed by atoms with Crippen LogP contribution >= 0.6 is 0 Å². The van der Waals surface area contributed by atoms with E-state index in [1.165, 1.54) is 36.8 Å². The lowest BCUT2D eigenvalue weighted by Gasteiger charge is -2.27. The largest absolute Gasteiger partial charge is 0.493 e. The van der Waals surface area contributed by atoms with Gasteiger partial charge in [-0.15, -0.1) is 5.21 Å². The molecule has 2 nitrogen and oxygen atoms in total. The van der Waals surface area contributed by atoms with Gasteiger partial charge in [0.1, 0.15) is 5.75 Å². The molecule has 0 N–H and O–H groups in total.